The summed E-state index contributed by atoms with van der Waals surface area (Å²) in [6.45, 7) is 2.53. The highest BCUT2D eigenvalue weighted by Gasteiger charge is 2.27. The maximum Gasteiger partial charge on any atom is 0.341 e. The lowest BCUT2D eigenvalue weighted by atomic mass is 10.0. The average Bonchev–Trinajstić information content (AvgIpc) is 3.44. The van der Waals surface area contributed by atoms with Crippen LogP contribution in [-0.4, -0.2) is 52.7 Å². The zero-order valence-electron chi connectivity index (χ0n) is 18.2. The maximum absolute atomic E-state index is 13.1. The van der Waals surface area contributed by atoms with Crippen LogP contribution >= 0.6 is 23.1 Å². The van der Waals surface area contributed by atoms with Crippen LogP contribution in [0.4, 0.5) is 10.9 Å². The van der Waals surface area contributed by atoms with Gasteiger partial charge in [-0.2, -0.15) is 5.26 Å². The van der Waals surface area contributed by atoms with Gasteiger partial charge < -0.3 is 25.3 Å². The van der Waals surface area contributed by atoms with Gasteiger partial charge in [0.15, 0.2) is 16.7 Å². The standard InChI is InChI=1S/C21H20N6O5S2/c1-11(27-20(23)25-26-21(27)33-8-5-22)17(28)24-18-16(19(29)30-2)13(10-34-18)12-3-4-14-15(9-12)32-7-6-31-14/h3-4,9-11H,6-8H2,1-2H3,(H2,23,25)(H,24,28). The number of benzene rings is 1. The van der Waals surface area contributed by atoms with Crippen molar-refractivity contribution in [2.24, 2.45) is 0 Å². The van der Waals surface area contributed by atoms with Gasteiger partial charge >= 0.3 is 5.97 Å². The van der Waals surface area contributed by atoms with Gasteiger partial charge in [-0.3, -0.25) is 9.36 Å². The largest absolute Gasteiger partial charge is 0.486 e. The zero-order valence-corrected chi connectivity index (χ0v) is 19.9. The molecule has 3 aromatic rings. The molecule has 3 N–H and O–H groups in total. The number of rotatable bonds is 7. The highest BCUT2D eigenvalue weighted by atomic mass is 32.2. The van der Waals surface area contributed by atoms with Crippen LogP contribution in [0.15, 0.2) is 28.7 Å². The van der Waals surface area contributed by atoms with E-state index in [1.54, 1.807) is 24.4 Å². The van der Waals surface area contributed by atoms with E-state index < -0.39 is 17.9 Å². The van der Waals surface area contributed by atoms with Gasteiger partial charge in [0.25, 0.3) is 0 Å². The molecule has 11 nitrogen and oxygen atoms in total. The molecule has 1 amide bonds. The molecular weight excluding hydrogens is 480 g/mol. The monoisotopic (exact) mass is 500 g/mol. The van der Waals surface area contributed by atoms with E-state index in [0.29, 0.717) is 46.0 Å². The van der Waals surface area contributed by atoms with Crippen LogP contribution in [0, 0.1) is 11.3 Å². The van der Waals surface area contributed by atoms with E-state index >= 15 is 0 Å². The number of aromatic nitrogens is 3. The van der Waals surface area contributed by atoms with Crippen LogP contribution in [0.25, 0.3) is 11.1 Å². The molecule has 0 fully saturated rings. The summed E-state index contributed by atoms with van der Waals surface area (Å²) < 4.78 is 17.6. The molecule has 0 bridgehead atoms. The topological polar surface area (TPSA) is 154 Å². The number of nitrogen functional groups attached to an aromatic ring is 1. The van der Waals surface area contributed by atoms with Gasteiger partial charge in [-0.15, -0.1) is 21.5 Å². The second-order valence-electron chi connectivity index (χ2n) is 7.03. The number of thioether (sulfide) groups is 1. The normalized spacial score (nSPS) is 13.1. The number of carbonyl (C=O) groups is 2. The molecule has 1 aromatic carbocycles. The van der Waals surface area contributed by atoms with Crippen molar-refractivity contribution in [2.45, 2.75) is 18.1 Å². The Hall–Kier alpha value is -3.76. The van der Waals surface area contributed by atoms with E-state index in [-0.39, 0.29) is 17.3 Å². The van der Waals surface area contributed by atoms with Crippen molar-refractivity contribution in [1.82, 2.24) is 14.8 Å². The van der Waals surface area contributed by atoms with Crippen molar-refractivity contribution in [1.29, 1.82) is 5.26 Å². The fourth-order valence-corrected chi connectivity index (χ4v) is 5.00. The number of anilines is 2. The van der Waals surface area contributed by atoms with Gasteiger partial charge in [-0.1, -0.05) is 17.8 Å². The van der Waals surface area contributed by atoms with Crippen molar-refractivity contribution >= 4 is 45.9 Å². The van der Waals surface area contributed by atoms with Crippen molar-refractivity contribution in [3.63, 3.8) is 0 Å². The molecule has 176 valence electrons. The Morgan fingerprint density at radius 2 is 2.12 bits per heavy atom. The molecule has 0 spiro atoms. The molecule has 13 heteroatoms. The minimum absolute atomic E-state index is 0.0411. The van der Waals surface area contributed by atoms with Gasteiger partial charge in [-0.05, 0) is 24.6 Å². The lowest BCUT2D eigenvalue weighted by Crippen LogP contribution is -2.25. The summed E-state index contributed by atoms with van der Waals surface area (Å²) in [5.41, 5.74) is 7.43. The third-order valence-corrected chi connectivity index (χ3v) is 6.70. The Bertz CT molecular complexity index is 1280. The first-order chi connectivity index (χ1) is 16.4. The van der Waals surface area contributed by atoms with E-state index in [2.05, 4.69) is 15.5 Å². The molecule has 1 atom stereocenters. The molecule has 4 rings (SSSR count). The number of methoxy groups -OCH3 is 1. The number of nitriles is 1. The summed E-state index contributed by atoms with van der Waals surface area (Å²) in [5.74, 6) is 0.343. The fraction of sp³-hybridized carbons (Fsp3) is 0.286. The maximum atomic E-state index is 13.1. The minimum Gasteiger partial charge on any atom is -0.486 e. The van der Waals surface area contributed by atoms with Gasteiger partial charge in [0, 0.05) is 10.9 Å². The molecule has 3 heterocycles. The third kappa shape index (κ3) is 4.50. The number of ether oxygens (including phenoxy) is 3. The molecule has 0 saturated heterocycles. The Labute approximate surface area is 202 Å². The third-order valence-electron chi connectivity index (χ3n) is 4.99. The Morgan fingerprint density at radius 1 is 1.35 bits per heavy atom. The highest BCUT2D eigenvalue weighted by Crippen LogP contribution is 2.40. The van der Waals surface area contributed by atoms with Crippen molar-refractivity contribution < 1.29 is 23.8 Å². The molecule has 1 aliphatic heterocycles. The van der Waals surface area contributed by atoms with Crippen molar-refractivity contribution in [2.75, 3.05) is 37.1 Å². The quantitative estimate of drug-likeness (QED) is 0.365. The summed E-state index contributed by atoms with van der Waals surface area (Å²) in [6.07, 6.45) is 0. The number of hydrogen-bond donors (Lipinski definition) is 2. The van der Waals surface area contributed by atoms with Crippen molar-refractivity contribution in [3.8, 4) is 28.7 Å². The van der Waals surface area contributed by atoms with Gasteiger partial charge in [0.05, 0.1) is 18.9 Å². The number of esters is 1. The zero-order chi connectivity index (χ0) is 24.2. The lowest BCUT2D eigenvalue weighted by molar-refractivity contribution is -0.118. The number of amides is 1. The first-order valence-electron chi connectivity index (χ1n) is 10.1. The molecular formula is C21H20N6O5S2. The lowest BCUT2D eigenvalue weighted by Gasteiger charge is -2.19. The van der Waals surface area contributed by atoms with Gasteiger partial charge in [-0.25, -0.2) is 4.79 Å². The number of carbonyl (C=O) groups excluding carboxylic acids is 2. The van der Waals surface area contributed by atoms with E-state index in [1.165, 1.54) is 23.0 Å². The summed E-state index contributed by atoms with van der Waals surface area (Å²) in [6, 6.07) is 6.57. The van der Waals surface area contributed by atoms with Crippen molar-refractivity contribution in [3.05, 3.63) is 29.1 Å². The van der Waals surface area contributed by atoms with E-state index in [4.69, 9.17) is 25.2 Å². The Kier molecular flexibility index (Phi) is 6.90. The second-order valence-corrected chi connectivity index (χ2v) is 8.85. The van der Waals surface area contributed by atoms with Crippen LogP contribution in [0.2, 0.25) is 0 Å². The average molecular weight is 501 g/mol. The predicted molar refractivity (Wildman–Crippen MR) is 126 cm³/mol. The number of nitrogens with one attached hydrogen (secondary N) is 1. The second kappa shape index (κ2) is 10.0. The van der Waals surface area contributed by atoms with Crippen LogP contribution in [0.3, 0.4) is 0 Å². The minimum atomic E-state index is -0.804. The number of nitrogens with zero attached hydrogens (tertiary/aromatic N) is 4. The molecule has 1 aliphatic rings. The summed E-state index contributed by atoms with van der Waals surface area (Å²) in [7, 11) is 1.28. The van der Waals surface area contributed by atoms with E-state index in [1.807, 2.05) is 12.1 Å². The first kappa shape index (κ1) is 23.4. The SMILES string of the molecule is COC(=O)c1c(-c2ccc3c(c2)OCCO3)csc1NC(=O)C(C)n1c(N)nnc1SCC#N. The fourth-order valence-electron chi connectivity index (χ4n) is 3.36. The number of hydrogen-bond acceptors (Lipinski definition) is 11. The van der Waals surface area contributed by atoms with Crippen LogP contribution in [-0.2, 0) is 9.53 Å². The Balaban J connectivity index is 1.64. The highest BCUT2D eigenvalue weighted by molar-refractivity contribution is 7.99. The summed E-state index contributed by atoms with van der Waals surface area (Å²) in [5, 5.41) is 21.8. The summed E-state index contributed by atoms with van der Waals surface area (Å²) >= 11 is 2.31. The molecule has 2 aromatic heterocycles. The molecule has 34 heavy (non-hydrogen) atoms. The molecule has 0 radical (unpaired) electrons. The first-order valence-corrected chi connectivity index (χ1v) is 11.9. The predicted octanol–water partition coefficient (Wildman–Crippen LogP) is 2.96. The van der Waals surface area contributed by atoms with E-state index in [9.17, 15) is 9.59 Å². The molecule has 1 unspecified atom stereocenters. The van der Waals surface area contributed by atoms with E-state index in [0.717, 1.165) is 11.8 Å². The Morgan fingerprint density at radius 3 is 2.85 bits per heavy atom. The molecule has 0 aliphatic carbocycles. The van der Waals surface area contributed by atoms with Crippen LogP contribution < -0.4 is 20.5 Å². The van der Waals surface area contributed by atoms with Gasteiger partial charge in [0.2, 0.25) is 11.9 Å². The molecule has 0 saturated carbocycles. The van der Waals surface area contributed by atoms with Crippen LogP contribution in [0.5, 0.6) is 11.5 Å². The smallest absolute Gasteiger partial charge is 0.341 e. The van der Waals surface area contributed by atoms with Crippen LogP contribution in [0.1, 0.15) is 23.3 Å². The number of thiophene rings is 1. The summed E-state index contributed by atoms with van der Waals surface area (Å²) in [4.78, 5) is 25.8. The number of fused-ring (bicyclic) bond motifs is 1. The number of nitrogens with two attached hydrogens (primary N) is 1. The van der Waals surface area contributed by atoms with Gasteiger partial charge in [0.1, 0.15) is 29.8 Å².